The number of carbonyl (C=O) groups is 1. The molecule has 0 atom stereocenters. The summed E-state index contributed by atoms with van der Waals surface area (Å²) in [5.41, 5.74) is 0.0996. The second-order valence-corrected chi connectivity index (χ2v) is 5.01. The van der Waals surface area contributed by atoms with Crippen molar-refractivity contribution in [3.8, 4) is 0 Å². The Morgan fingerprint density at radius 3 is 2.67 bits per heavy atom. The fourth-order valence-corrected chi connectivity index (χ4v) is 1.99. The molecule has 1 aromatic carbocycles. The van der Waals surface area contributed by atoms with Crippen LogP contribution >= 0.6 is 11.6 Å². The van der Waals surface area contributed by atoms with E-state index in [0.717, 1.165) is 0 Å². The molecule has 2 aromatic rings. The second-order valence-electron chi connectivity index (χ2n) is 4.60. The van der Waals surface area contributed by atoms with E-state index in [9.17, 15) is 9.18 Å². The van der Waals surface area contributed by atoms with E-state index in [-0.39, 0.29) is 28.5 Å². The molecule has 1 heterocycles. The van der Waals surface area contributed by atoms with Crippen LogP contribution in [0.15, 0.2) is 24.3 Å². The highest BCUT2D eigenvalue weighted by atomic mass is 35.5. The molecule has 0 radical (unpaired) electrons. The summed E-state index contributed by atoms with van der Waals surface area (Å²) in [5.74, 6) is -1.00. The van der Waals surface area contributed by atoms with Gasteiger partial charge in [0.05, 0.1) is 0 Å². The Morgan fingerprint density at radius 1 is 1.38 bits per heavy atom. The summed E-state index contributed by atoms with van der Waals surface area (Å²) in [6, 6.07) is 5.71. The van der Waals surface area contributed by atoms with Crippen molar-refractivity contribution in [1.82, 2.24) is 9.97 Å². The molecule has 0 aliphatic heterocycles. The lowest BCUT2D eigenvalue weighted by atomic mass is 10.1. The maximum Gasteiger partial charge on any atom is 0.354 e. The Bertz CT molecular complexity index is 672. The molecule has 0 aliphatic carbocycles. The highest BCUT2D eigenvalue weighted by molar-refractivity contribution is 6.31. The highest BCUT2D eigenvalue weighted by Crippen LogP contribution is 2.22. The van der Waals surface area contributed by atoms with Crippen molar-refractivity contribution in [3.63, 3.8) is 0 Å². The number of carboxylic acid groups (broad SMARTS) is 1. The van der Waals surface area contributed by atoms with Gasteiger partial charge in [0.25, 0.3) is 0 Å². The quantitative estimate of drug-likeness (QED) is 0.940. The predicted molar refractivity (Wildman–Crippen MR) is 77.5 cm³/mol. The molecule has 0 fully saturated rings. The van der Waals surface area contributed by atoms with E-state index in [1.165, 1.54) is 18.2 Å². The van der Waals surface area contributed by atoms with E-state index in [2.05, 4.69) is 9.97 Å². The number of hydrogen-bond acceptors (Lipinski definition) is 4. The van der Waals surface area contributed by atoms with E-state index in [1.54, 1.807) is 25.1 Å². The molecular formula is C14H13ClFN3O2. The first-order valence-electron chi connectivity index (χ1n) is 6.10. The average Bonchev–Trinajstić information content (AvgIpc) is 2.42. The Hall–Kier alpha value is -2.21. The van der Waals surface area contributed by atoms with Crippen molar-refractivity contribution < 1.29 is 14.3 Å². The number of aromatic carboxylic acids is 1. The molecule has 2 rings (SSSR count). The summed E-state index contributed by atoms with van der Waals surface area (Å²) in [4.78, 5) is 20.9. The largest absolute Gasteiger partial charge is 0.477 e. The normalized spacial score (nSPS) is 10.5. The van der Waals surface area contributed by atoms with Crippen molar-refractivity contribution in [3.05, 3.63) is 52.2 Å². The van der Waals surface area contributed by atoms with Crippen molar-refractivity contribution in [2.75, 3.05) is 19.0 Å². The molecule has 7 heteroatoms. The lowest BCUT2D eigenvalue weighted by Gasteiger charge is -2.13. The number of benzene rings is 1. The molecule has 0 saturated heterocycles. The fraction of sp³-hybridized carbons (Fsp3) is 0.214. The van der Waals surface area contributed by atoms with Crippen LogP contribution in [0.5, 0.6) is 0 Å². The Morgan fingerprint density at radius 2 is 2.10 bits per heavy atom. The van der Waals surface area contributed by atoms with Crippen LogP contribution in [-0.2, 0) is 6.42 Å². The van der Waals surface area contributed by atoms with Crippen LogP contribution in [0.4, 0.5) is 10.2 Å². The number of rotatable bonds is 4. The summed E-state index contributed by atoms with van der Waals surface area (Å²) < 4.78 is 13.8. The van der Waals surface area contributed by atoms with Crippen molar-refractivity contribution in [2.45, 2.75) is 6.42 Å². The van der Waals surface area contributed by atoms with Crippen molar-refractivity contribution in [1.29, 1.82) is 0 Å². The van der Waals surface area contributed by atoms with Gasteiger partial charge in [-0.2, -0.15) is 0 Å². The molecule has 0 unspecified atom stereocenters. The first kappa shape index (κ1) is 15.2. The van der Waals surface area contributed by atoms with Crippen LogP contribution < -0.4 is 4.90 Å². The number of halogens is 2. The van der Waals surface area contributed by atoms with Gasteiger partial charge in [-0.25, -0.2) is 19.2 Å². The summed E-state index contributed by atoms with van der Waals surface area (Å²) in [7, 11) is 3.46. The Balaban J connectivity index is 2.46. The van der Waals surface area contributed by atoms with Gasteiger partial charge in [-0.1, -0.05) is 17.7 Å². The third kappa shape index (κ3) is 3.46. The maximum absolute atomic E-state index is 13.8. The molecule has 0 bridgehead atoms. The van der Waals surface area contributed by atoms with Crippen molar-refractivity contribution in [2.24, 2.45) is 0 Å². The Labute approximate surface area is 126 Å². The van der Waals surface area contributed by atoms with E-state index >= 15 is 0 Å². The van der Waals surface area contributed by atoms with Gasteiger partial charge in [0.15, 0.2) is 5.69 Å². The minimum atomic E-state index is -1.17. The monoisotopic (exact) mass is 309 g/mol. The second kappa shape index (κ2) is 6.05. The van der Waals surface area contributed by atoms with E-state index in [1.807, 2.05) is 0 Å². The molecule has 21 heavy (non-hydrogen) atoms. The summed E-state index contributed by atoms with van der Waals surface area (Å²) in [6.45, 7) is 0. The first-order chi connectivity index (χ1) is 9.88. The molecular weight excluding hydrogens is 297 g/mol. The summed E-state index contributed by atoms with van der Waals surface area (Å²) in [5, 5.41) is 9.34. The van der Waals surface area contributed by atoms with Gasteiger partial charge >= 0.3 is 5.97 Å². The van der Waals surface area contributed by atoms with Crippen LogP contribution in [0.3, 0.4) is 0 Å². The van der Waals surface area contributed by atoms with Crippen LogP contribution in [0.25, 0.3) is 0 Å². The molecule has 5 nitrogen and oxygen atoms in total. The molecule has 0 spiro atoms. The van der Waals surface area contributed by atoms with Crippen LogP contribution in [0, 0.1) is 5.82 Å². The minimum Gasteiger partial charge on any atom is -0.477 e. The number of aromatic nitrogens is 2. The number of hydrogen-bond donors (Lipinski definition) is 1. The van der Waals surface area contributed by atoms with Crippen LogP contribution in [0.2, 0.25) is 5.02 Å². The topological polar surface area (TPSA) is 66.3 Å². The number of anilines is 1. The fourth-order valence-electron chi connectivity index (χ4n) is 1.76. The maximum atomic E-state index is 13.8. The van der Waals surface area contributed by atoms with E-state index in [0.29, 0.717) is 5.82 Å². The van der Waals surface area contributed by atoms with Gasteiger partial charge in [0.2, 0.25) is 0 Å². The predicted octanol–water partition coefficient (Wildman–Crippen LogP) is 2.62. The van der Waals surface area contributed by atoms with Gasteiger partial charge in [-0.3, -0.25) is 0 Å². The molecule has 0 amide bonds. The van der Waals surface area contributed by atoms with Gasteiger partial charge < -0.3 is 10.0 Å². The van der Waals surface area contributed by atoms with Gasteiger partial charge in [0, 0.05) is 37.2 Å². The SMILES string of the molecule is CN(C)c1cc(C(=O)O)nc(Cc2c(F)cccc2Cl)n1. The number of nitrogens with zero attached hydrogens (tertiary/aromatic N) is 3. The molecule has 0 saturated carbocycles. The molecule has 0 aliphatic rings. The number of carboxylic acids is 1. The van der Waals surface area contributed by atoms with Gasteiger partial charge in [-0.15, -0.1) is 0 Å². The average molecular weight is 310 g/mol. The van der Waals surface area contributed by atoms with Gasteiger partial charge in [0.1, 0.15) is 17.5 Å². The molecule has 110 valence electrons. The third-order valence-electron chi connectivity index (χ3n) is 2.83. The van der Waals surface area contributed by atoms with E-state index in [4.69, 9.17) is 16.7 Å². The lowest BCUT2D eigenvalue weighted by molar-refractivity contribution is 0.0690. The van der Waals surface area contributed by atoms with Crippen LogP contribution in [-0.4, -0.2) is 35.1 Å². The smallest absolute Gasteiger partial charge is 0.354 e. The third-order valence-corrected chi connectivity index (χ3v) is 3.19. The molecule has 1 N–H and O–H groups in total. The molecule has 1 aromatic heterocycles. The van der Waals surface area contributed by atoms with Gasteiger partial charge in [-0.05, 0) is 12.1 Å². The Kier molecular flexibility index (Phi) is 4.37. The van der Waals surface area contributed by atoms with E-state index < -0.39 is 11.8 Å². The minimum absolute atomic E-state index is 0.0213. The summed E-state index contributed by atoms with van der Waals surface area (Å²) >= 11 is 5.96. The van der Waals surface area contributed by atoms with Crippen LogP contribution in [0.1, 0.15) is 21.9 Å². The zero-order valence-corrected chi connectivity index (χ0v) is 12.2. The highest BCUT2D eigenvalue weighted by Gasteiger charge is 2.15. The zero-order valence-electron chi connectivity index (χ0n) is 11.5. The standard InChI is InChI=1S/C14H13ClFN3O2/c1-19(2)13-7-11(14(20)21)17-12(18-13)6-8-9(15)4-3-5-10(8)16/h3-5,7H,6H2,1-2H3,(H,20,21). The first-order valence-corrected chi connectivity index (χ1v) is 6.47. The lowest BCUT2D eigenvalue weighted by Crippen LogP contribution is -2.15. The van der Waals surface area contributed by atoms with Crippen molar-refractivity contribution >= 4 is 23.4 Å². The zero-order chi connectivity index (χ0) is 15.6. The summed E-state index contributed by atoms with van der Waals surface area (Å²) in [6.07, 6.45) is 0.0213.